The molecule has 22 heavy (non-hydrogen) atoms. The molecule has 1 fully saturated rings. The Morgan fingerprint density at radius 3 is 2.73 bits per heavy atom. The second-order valence-electron chi connectivity index (χ2n) is 5.46. The number of rotatable bonds is 4. The Kier molecular flexibility index (Phi) is 4.11. The molecule has 1 aromatic heterocycles. The van der Waals surface area contributed by atoms with Gasteiger partial charge in [-0.3, -0.25) is 9.59 Å². The Labute approximate surface area is 136 Å². The largest absolute Gasteiger partial charge is 0.323 e. The lowest BCUT2D eigenvalue weighted by Gasteiger charge is -2.15. The van der Waals surface area contributed by atoms with Crippen LogP contribution in [0.25, 0.3) is 0 Å². The van der Waals surface area contributed by atoms with E-state index in [4.69, 9.17) is 0 Å². The van der Waals surface area contributed by atoms with Gasteiger partial charge in [-0.05, 0) is 53.9 Å². The standard InChI is InChI=1S/C16H16BrN3O2/c1-10(16(22)18-14-5-3-2-4-12(14)17)20-15(21)9-8-13(19-20)11-6-7-11/h2-5,8-11H,6-7H2,1H3,(H,18,22). The normalized spacial score (nSPS) is 15.4. The molecule has 0 bridgehead atoms. The first-order valence-corrected chi connectivity index (χ1v) is 8.00. The lowest BCUT2D eigenvalue weighted by Crippen LogP contribution is -2.33. The van der Waals surface area contributed by atoms with E-state index in [0.717, 1.165) is 23.0 Å². The van der Waals surface area contributed by atoms with Crippen LogP contribution in [0.4, 0.5) is 5.69 Å². The van der Waals surface area contributed by atoms with E-state index < -0.39 is 6.04 Å². The second kappa shape index (κ2) is 6.04. The van der Waals surface area contributed by atoms with Crippen molar-refractivity contribution in [3.8, 4) is 0 Å². The molecule has 0 radical (unpaired) electrons. The Morgan fingerprint density at radius 2 is 2.05 bits per heavy atom. The molecule has 114 valence electrons. The molecule has 1 heterocycles. The summed E-state index contributed by atoms with van der Waals surface area (Å²) >= 11 is 3.38. The number of hydrogen-bond donors (Lipinski definition) is 1. The number of carbonyl (C=O) groups excluding carboxylic acids is 1. The van der Waals surface area contributed by atoms with E-state index in [1.165, 1.54) is 10.7 Å². The average molecular weight is 362 g/mol. The van der Waals surface area contributed by atoms with E-state index in [0.29, 0.717) is 11.6 Å². The topological polar surface area (TPSA) is 64.0 Å². The predicted octanol–water partition coefficient (Wildman–Crippen LogP) is 3.08. The molecule has 1 aliphatic carbocycles. The minimum atomic E-state index is -0.668. The Hall–Kier alpha value is -1.95. The summed E-state index contributed by atoms with van der Waals surface area (Å²) in [5.41, 5.74) is 1.30. The number of hydrogen-bond acceptors (Lipinski definition) is 3. The van der Waals surface area contributed by atoms with Crippen LogP contribution in [0.5, 0.6) is 0 Å². The Bertz CT molecular complexity index is 768. The average Bonchev–Trinajstić information content (AvgIpc) is 3.34. The summed E-state index contributed by atoms with van der Waals surface area (Å²) in [6.45, 7) is 1.68. The summed E-state index contributed by atoms with van der Waals surface area (Å²) in [6.07, 6.45) is 2.20. The Balaban J connectivity index is 1.82. The van der Waals surface area contributed by atoms with Gasteiger partial charge in [-0.25, -0.2) is 4.68 Å². The summed E-state index contributed by atoms with van der Waals surface area (Å²) in [5, 5.41) is 7.17. The monoisotopic (exact) mass is 361 g/mol. The molecular formula is C16H16BrN3O2. The quantitative estimate of drug-likeness (QED) is 0.909. The van der Waals surface area contributed by atoms with Gasteiger partial charge in [0.05, 0.1) is 11.4 Å². The lowest BCUT2D eigenvalue weighted by molar-refractivity contribution is -0.119. The van der Waals surface area contributed by atoms with Crippen molar-refractivity contribution in [1.29, 1.82) is 0 Å². The highest BCUT2D eigenvalue weighted by molar-refractivity contribution is 9.10. The third-order valence-corrected chi connectivity index (χ3v) is 4.41. The van der Waals surface area contributed by atoms with Crippen molar-refractivity contribution in [2.45, 2.75) is 31.7 Å². The number of nitrogens with one attached hydrogen (secondary N) is 1. The molecule has 0 spiro atoms. The van der Waals surface area contributed by atoms with Gasteiger partial charge in [0.1, 0.15) is 6.04 Å². The first-order valence-electron chi connectivity index (χ1n) is 7.21. The van der Waals surface area contributed by atoms with Crippen molar-refractivity contribution in [2.75, 3.05) is 5.32 Å². The van der Waals surface area contributed by atoms with E-state index in [-0.39, 0.29) is 11.5 Å². The van der Waals surface area contributed by atoms with Gasteiger partial charge in [-0.2, -0.15) is 5.10 Å². The minimum Gasteiger partial charge on any atom is -0.323 e. The van der Waals surface area contributed by atoms with E-state index in [1.54, 1.807) is 19.1 Å². The van der Waals surface area contributed by atoms with Crippen molar-refractivity contribution in [2.24, 2.45) is 0 Å². The van der Waals surface area contributed by atoms with E-state index in [2.05, 4.69) is 26.3 Å². The molecule has 0 saturated heterocycles. The fourth-order valence-electron chi connectivity index (χ4n) is 2.23. The van der Waals surface area contributed by atoms with Crippen LogP contribution in [0, 0.1) is 0 Å². The van der Waals surface area contributed by atoms with Gasteiger partial charge < -0.3 is 5.32 Å². The van der Waals surface area contributed by atoms with Gasteiger partial charge in [0.25, 0.3) is 5.56 Å². The summed E-state index contributed by atoms with van der Waals surface area (Å²) < 4.78 is 2.06. The maximum Gasteiger partial charge on any atom is 0.267 e. The van der Waals surface area contributed by atoms with Crippen LogP contribution in [0.15, 0.2) is 45.7 Å². The molecule has 0 aliphatic heterocycles. The maximum absolute atomic E-state index is 12.4. The molecule has 1 unspecified atom stereocenters. The zero-order valence-corrected chi connectivity index (χ0v) is 13.7. The van der Waals surface area contributed by atoms with E-state index >= 15 is 0 Å². The molecule has 1 N–H and O–H groups in total. The highest BCUT2D eigenvalue weighted by Crippen LogP contribution is 2.38. The molecule has 1 atom stereocenters. The number of halogens is 1. The molecule has 2 aromatic rings. The first kappa shape index (κ1) is 15.0. The predicted molar refractivity (Wildman–Crippen MR) is 88.0 cm³/mol. The summed E-state index contributed by atoms with van der Waals surface area (Å²) in [5.74, 6) is 0.167. The van der Waals surface area contributed by atoms with E-state index in [9.17, 15) is 9.59 Å². The molecule has 6 heteroatoms. The zero-order valence-electron chi connectivity index (χ0n) is 12.1. The molecule has 1 aliphatic rings. The van der Waals surface area contributed by atoms with Crippen LogP contribution < -0.4 is 10.9 Å². The fraction of sp³-hybridized carbons (Fsp3) is 0.312. The molecule has 3 rings (SSSR count). The Morgan fingerprint density at radius 1 is 1.32 bits per heavy atom. The molecule has 1 saturated carbocycles. The van der Waals surface area contributed by atoms with Gasteiger partial charge in [-0.15, -0.1) is 0 Å². The number of aromatic nitrogens is 2. The summed E-state index contributed by atoms with van der Waals surface area (Å²) in [4.78, 5) is 24.4. The molecular weight excluding hydrogens is 346 g/mol. The zero-order chi connectivity index (χ0) is 15.7. The van der Waals surface area contributed by atoms with Gasteiger partial charge in [0, 0.05) is 16.5 Å². The summed E-state index contributed by atoms with van der Waals surface area (Å²) in [7, 11) is 0. The van der Waals surface area contributed by atoms with Crippen molar-refractivity contribution in [3.63, 3.8) is 0 Å². The SMILES string of the molecule is CC(C(=O)Nc1ccccc1Br)n1nc(C2CC2)ccc1=O. The molecule has 1 aromatic carbocycles. The smallest absolute Gasteiger partial charge is 0.267 e. The van der Waals surface area contributed by atoms with Crippen molar-refractivity contribution < 1.29 is 4.79 Å². The number of anilines is 1. The third-order valence-electron chi connectivity index (χ3n) is 3.72. The number of carbonyl (C=O) groups is 1. The van der Waals surface area contributed by atoms with Gasteiger partial charge >= 0.3 is 0 Å². The van der Waals surface area contributed by atoms with E-state index in [1.807, 2.05) is 18.2 Å². The van der Waals surface area contributed by atoms with Gasteiger partial charge in [0.2, 0.25) is 5.91 Å². The minimum absolute atomic E-state index is 0.265. The van der Waals surface area contributed by atoms with Crippen LogP contribution in [0.2, 0.25) is 0 Å². The first-order chi connectivity index (χ1) is 10.6. The summed E-state index contributed by atoms with van der Waals surface area (Å²) in [6, 6.07) is 9.93. The van der Waals surface area contributed by atoms with Crippen molar-refractivity contribution in [3.05, 3.63) is 56.9 Å². The number of para-hydroxylation sites is 1. The van der Waals surface area contributed by atoms with Crippen LogP contribution in [-0.4, -0.2) is 15.7 Å². The highest BCUT2D eigenvalue weighted by atomic mass is 79.9. The maximum atomic E-state index is 12.4. The number of benzene rings is 1. The fourth-order valence-corrected chi connectivity index (χ4v) is 2.61. The third kappa shape index (κ3) is 3.11. The molecule has 5 nitrogen and oxygen atoms in total. The van der Waals surface area contributed by atoms with Crippen LogP contribution in [0.3, 0.4) is 0 Å². The van der Waals surface area contributed by atoms with Crippen molar-refractivity contribution in [1.82, 2.24) is 9.78 Å². The highest BCUT2D eigenvalue weighted by Gasteiger charge is 2.27. The van der Waals surface area contributed by atoms with Gasteiger partial charge in [-0.1, -0.05) is 12.1 Å². The molecule has 1 amide bonds. The van der Waals surface area contributed by atoms with Crippen molar-refractivity contribution >= 4 is 27.5 Å². The number of amides is 1. The number of nitrogens with zero attached hydrogens (tertiary/aromatic N) is 2. The lowest BCUT2D eigenvalue weighted by atomic mass is 10.2. The van der Waals surface area contributed by atoms with Crippen LogP contribution >= 0.6 is 15.9 Å². The van der Waals surface area contributed by atoms with Crippen LogP contribution in [0.1, 0.15) is 37.4 Å². The van der Waals surface area contributed by atoms with Crippen LogP contribution in [-0.2, 0) is 4.79 Å². The van der Waals surface area contributed by atoms with Gasteiger partial charge in [0.15, 0.2) is 0 Å². The second-order valence-corrected chi connectivity index (χ2v) is 6.31.